The van der Waals surface area contributed by atoms with Crippen molar-refractivity contribution in [3.05, 3.63) is 56.8 Å². The summed E-state index contributed by atoms with van der Waals surface area (Å²) >= 11 is 3.94. The van der Waals surface area contributed by atoms with Gasteiger partial charge in [-0.1, -0.05) is 45.0 Å². The summed E-state index contributed by atoms with van der Waals surface area (Å²) in [6.45, 7) is 6.73. The number of nitrogens with two attached hydrogens (primary N) is 1. The smallest absolute Gasteiger partial charge is 0.0646 e. The van der Waals surface area contributed by atoms with Crippen LogP contribution in [-0.4, -0.2) is 5.75 Å². The molecule has 2 heterocycles. The molecule has 1 aliphatic heterocycles. The average Bonchev–Trinajstić information content (AvgIpc) is 2.89. The van der Waals surface area contributed by atoms with Gasteiger partial charge in [-0.3, -0.25) is 0 Å². The Bertz CT molecular complexity index is 596. The third-order valence-electron chi connectivity index (χ3n) is 4.09. The Kier molecular flexibility index (Phi) is 4.17. The lowest BCUT2D eigenvalue weighted by molar-refractivity contribution is 0.590. The maximum absolute atomic E-state index is 6.49. The zero-order valence-corrected chi connectivity index (χ0v) is 14.6. The van der Waals surface area contributed by atoms with Crippen LogP contribution >= 0.6 is 23.1 Å². The summed E-state index contributed by atoms with van der Waals surface area (Å²) in [6.07, 6.45) is 1.21. The predicted molar refractivity (Wildman–Crippen MR) is 95.4 cm³/mol. The van der Waals surface area contributed by atoms with Gasteiger partial charge < -0.3 is 5.73 Å². The molecule has 1 atom stereocenters. The summed E-state index contributed by atoms with van der Waals surface area (Å²) in [4.78, 5) is 2.86. The normalized spacial score (nSPS) is 16.6. The Morgan fingerprint density at radius 1 is 1.14 bits per heavy atom. The minimum absolute atomic E-state index is 0.0135. The summed E-state index contributed by atoms with van der Waals surface area (Å²) in [7, 11) is 0. The van der Waals surface area contributed by atoms with E-state index in [-0.39, 0.29) is 11.5 Å². The monoisotopic (exact) mass is 317 g/mol. The summed E-state index contributed by atoms with van der Waals surface area (Å²) < 4.78 is 0. The van der Waals surface area contributed by atoms with Crippen molar-refractivity contribution < 1.29 is 0 Å². The van der Waals surface area contributed by atoms with Crippen LogP contribution in [0.25, 0.3) is 0 Å². The lowest BCUT2D eigenvalue weighted by Gasteiger charge is -2.20. The Morgan fingerprint density at radius 2 is 1.86 bits per heavy atom. The molecule has 1 aromatic heterocycles. The van der Waals surface area contributed by atoms with Gasteiger partial charge in [-0.25, -0.2) is 0 Å². The van der Waals surface area contributed by atoms with Crippen LogP contribution in [0.4, 0.5) is 0 Å². The van der Waals surface area contributed by atoms with Crippen LogP contribution in [0.1, 0.15) is 53.3 Å². The van der Waals surface area contributed by atoms with E-state index in [0.29, 0.717) is 0 Å². The lowest BCUT2D eigenvalue weighted by Crippen LogP contribution is -2.13. The molecule has 21 heavy (non-hydrogen) atoms. The number of rotatable bonds is 2. The van der Waals surface area contributed by atoms with Gasteiger partial charge in [-0.05, 0) is 40.3 Å². The second kappa shape index (κ2) is 5.79. The van der Waals surface area contributed by atoms with Crippen LogP contribution < -0.4 is 5.73 Å². The first kappa shape index (κ1) is 15.1. The molecule has 1 unspecified atom stereocenters. The predicted octanol–water partition coefficient (Wildman–Crippen LogP) is 4.88. The molecule has 1 nitrogen and oxygen atoms in total. The van der Waals surface area contributed by atoms with Crippen LogP contribution in [0.15, 0.2) is 30.3 Å². The fourth-order valence-electron chi connectivity index (χ4n) is 2.68. The second-order valence-corrected chi connectivity index (χ2v) is 9.02. The first-order chi connectivity index (χ1) is 9.95. The van der Waals surface area contributed by atoms with Gasteiger partial charge in [0.1, 0.15) is 0 Å². The first-order valence-corrected chi connectivity index (χ1v) is 9.47. The number of fused-ring (bicyclic) bond motifs is 1. The highest BCUT2D eigenvalue weighted by Crippen LogP contribution is 2.36. The summed E-state index contributed by atoms with van der Waals surface area (Å²) in [5, 5.41) is 0. The van der Waals surface area contributed by atoms with Crippen molar-refractivity contribution in [1.29, 1.82) is 0 Å². The van der Waals surface area contributed by atoms with E-state index in [2.05, 4.69) is 51.1 Å². The lowest BCUT2D eigenvalue weighted by atomic mass is 9.86. The summed E-state index contributed by atoms with van der Waals surface area (Å²) in [5.74, 6) is 2.41. The fraction of sp³-hybridized carbons (Fsp3) is 0.444. The molecule has 2 N–H and O–H groups in total. The van der Waals surface area contributed by atoms with Crippen molar-refractivity contribution in [3.8, 4) is 0 Å². The van der Waals surface area contributed by atoms with E-state index in [9.17, 15) is 0 Å². The van der Waals surface area contributed by atoms with Gasteiger partial charge in [-0.15, -0.1) is 11.3 Å². The molecule has 3 rings (SSSR count). The van der Waals surface area contributed by atoms with Crippen LogP contribution in [0, 0.1) is 0 Å². The van der Waals surface area contributed by atoms with Crippen molar-refractivity contribution in [3.63, 3.8) is 0 Å². The van der Waals surface area contributed by atoms with E-state index in [1.807, 2.05) is 23.1 Å². The SMILES string of the molecule is CC(C)(C)c1ccc(C(N)c2cc3c(s2)CCSC3)cc1. The molecule has 1 aromatic carbocycles. The highest BCUT2D eigenvalue weighted by Gasteiger charge is 2.19. The van der Waals surface area contributed by atoms with Crippen molar-refractivity contribution in [1.82, 2.24) is 0 Å². The number of thioether (sulfide) groups is 1. The molecule has 0 fully saturated rings. The van der Waals surface area contributed by atoms with Gasteiger partial charge in [0, 0.05) is 15.5 Å². The van der Waals surface area contributed by atoms with Gasteiger partial charge in [-0.2, -0.15) is 11.8 Å². The number of thiophene rings is 1. The van der Waals surface area contributed by atoms with Crippen molar-refractivity contribution in [2.24, 2.45) is 5.73 Å². The average molecular weight is 318 g/mol. The third-order valence-corrected chi connectivity index (χ3v) is 6.42. The van der Waals surface area contributed by atoms with Gasteiger partial charge in [0.15, 0.2) is 0 Å². The second-order valence-electron chi connectivity index (χ2n) is 6.75. The van der Waals surface area contributed by atoms with E-state index >= 15 is 0 Å². The molecule has 0 spiro atoms. The van der Waals surface area contributed by atoms with Crippen molar-refractivity contribution >= 4 is 23.1 Å². The quantitative estimate of drug-likeness (QED) is 0.854. The molecule has 0 radical (unpaired) electrons. The highest BCUT2D eigenvalue weighted by atomic mass is 32.2. The van der Waals surface area contributed by atoms with Gasteiger partial charge >= 0.3 is 0 Å². The van der Waals surface area contributed by atoms with Crippen LogP contribution in [-0.2, 0) is 17.6 Å². The van der Waals surface area contributed by atoms with Crippen LogP contribution in [0.5, 0.6) is 0 Å². The molecule has 0 saturated carbocycles. The van der Waals surface area contributed by atoms with Gasteiger partial charge in [0.05, 0.1) is 6.04 Å². The molecule has 0 saturated heterocycles. The molecule has 3 heteroatoms. The third kappa shape index (κ3) is 3.20. The molecular weight excluding hydrogens is 294 g/mol. The Labute approximate surface area is 136 Å². The maximum atomic E-state index is 6.49. The van der Waals surface area contributed by atoms with Crippen LogP contribution in [0.3, 0.4) is 0 Å². The Hall–Kier alpha value is -0.770. The van der Waals surface area contributed by atoms with Gasteiger partial charge in [0.25, 0.3) is 0 Å². The fourth-order valence-corrected chi connectivity index (χ4v) is 5.08. The minimum Gasteiger partial charge on any atom is -0.320 e. The van der Waals surface area contributed by atoms with E-state index in [1.165, 1.54) is 33.7 Å². The zero-order valence-electron chi connectivity index (χ0n) is 13.0. The molecule has 112 valence electrons. The molecule has 0 amide bonds. The van der Waals surface area contributed by atoms with E-state index in [4.69, 9.17) is 5.73 Å². The van der Waals surface area contributed by atoms with E-state index in [1.54, 1.807) is 4.88 Å². The van der Waals surface area contributed by atoms with Gasteiger partial charge in [0.2, 0.25) is 0 Å². The minimum atomic E-state index is 0.0135. The van der Waals surface area contributed by atoms with E-state index < -0.39 is 0 Å². The zero-order chi connectivity index (χ0) is 15.0. The number of hydrogen-bond acceptors (Lipinski definition) is 3. The Balaban J connectivity index is 1.84. The van der Waals surface area contributed by atoms with Crippen LogP contribution in [0.2, 0.25) is 0 Å². The number of benzene rings is 1. The molecular formula is C18H23NS2. The topological polar surface area (TPSA) is 26.0 Å². The Morgan fingerprint density at radius 3 is 2.48 bits per heavy atom. The largest absolute Gasteiger partial charge is 0.320 e. The summed E-state index contributed by atoms with van der Waals surface area (Å²) in [6, 6.07) is 11.2. The molecule has 0 aliphatic carbocycles. The highest BCUT2D eigenvalue weighted by molar-refractivity contribution is 7.98. The van der Waals surface area contributed by atoms with E-state index in [0.717, 1.165) is 5.75 Å². The maximum Gasteiger partial charge on any atom is 0.0646 e. The number of aryl methyl sites for hydroxylation is 1. The number of hydrogen-bond donors (Lipinski definition) is 1. The molecule has 1 aliphatic rings. The summed E-state index contributed by atoms with van der Waals surface area (Å²) in [5.41, 5.74) is 10.8. The standard InChI is InChI=1S/C18H23NS2/c1-18(2,3)14-6-4-12(5-7-14)17(19)16-10-13-11-20-9-8-15(13)21-16/h4-7,10,17H,8-9,11,19H2,1-3H3. The molecule has 2 aromatic rings. The molecule has 0 bridgehead atoms. The van der Waals surface area contributed by atoms with Crippen molar-refractivity contribution in [2.45, 2.75) is 44.4 Å². The van der Waals surface area contributed by atoms with Crippen molar-refractivity contribution in [2.75, 3.05) is 5.75 Å². The first-order valence-electron chi connectivity index (χ1n) is 7.50.